The summed E-state index contributed by atoms with van der Waals surface area (Å²) in [6.45, 7) is 8.69. The van der Waals surface area contributed by atoms with Crippen LogP contribution in [0, 0.1) is 0 Å². The number of hydrogen-bond donors (Lipinski definition) is 0. The first-order valence-electron chi connectivity index (χ1n) is 8.56. The van der Waals surface area contributed by atoms with Crippen LogP contribution in [0.3, 0.4) is 0 Å². The first-order chi connectivity index (χ1) is 11.3. The molecule has 1 aromatic heterocycles. The molecule has 2 heterocycles. The molecule has 0 spiro atoms. The number of para-hydroxylation sites is 2. The van der Waals surface area contributed by atoms with Crippen LogP contribution in [0.2, 0.25) is 0 Å². The van der Waals surface area contributed by atoms with Crippen molar-refractivity contribution in [2.75, 3.05) is 46.4 Å². The summed E-state index contributed by atoms with van der Waals surface area (Å²) in [4.78, 5) is 9.62. The van der Waals surface area contributed by atoms with E-state index in [0.29, 0.717) is 6.04 Å². The molecule has 0 radical (unpaired) electrons. The van der Waals surface area contributed by atoms with Gasteiger partial charge in [0, 0.05) is 45.8 Å². The molecule has 2 aromatic rings. The number of hydrogen-bond acceptors (Lipinski definition) is 5. The zero-order valence-corrected chi connectivity index (χ0v) is 14.2. The highest BCUT2D eigenvalue weighted by Crippen LogP contribution is 2.16. The number of fused-ring (bicyclic) bond motifs is 1. The number of aryl methyl sites for hydroxylation is 1. The van der Waals surface area contributed by atoms with Gasteiger partial charge in [0.25, 0.3) is 0 Å². The summed E-state index contributed by atoms with van der Waals surface area (Å²) in [6.07, 6.45) is 2.00. The second-order valence-corrected chi connectivity index (χ2v) is 6.36. The van der Waals surface area contributed by atoms with E-state index in [9.17, 15) is 0 Å². The lowest BCUT2D eigenvalue weighted by Crippen LogP contribution is -2.52. The van der Waals surface area contributed by atoms with Gasteiger partial charge in [0.2, 0.25) is 0 Å². The molecule has 1 unspecified atom stereocenters. The Balaban J connectivity index is 1.42. The van der Waals surface area contributed by atoms with Crippen molar-refractivity contribution in [3.63, 3.8) is 0 Å². The summed E-state index contributed by atoms with van der Waals surface area (Å²) in [6, 6.07) is 8.57. The molecule has 1 fully saturated rings. The fourth-order valence-electron chi connectivity index (χ4n) is 3.30. The van der Waals surface area contributed by atoms with Crippen molar-refractivity contribution in [3.05, 3.63) is 30.2 Å². The lowest BCUT2D eigenvalue weighted by Gasteiger charge is -2.39. The van der Waals surface area contributed by atoms with Crippen LogP contribution < -0.4 is 0 Å². The van der Waals surface area contributed by atoms with Crippen LogP contribution in [0.25, 0.3) is 11.1 Å². The lowest BCUT2D eigenvalue weighted by atomic mass is 10.1. The molecule has 5 nitrogen and oxygen atoms in total. The lowest BCUT2D eigenvalue weighted by molar-refractivity contribution is 0.0584. The topological polar surface area (TPSA) is 41.7 Å². The molecule has 0 N–H and O–H groups in total. The van der Waals surface area contributed by atoms with E-state index in [4.69, 9.17) is 9.15 Å². The Morgan fingerprint density at radius 2 is 2.13 bits per heavy atom. The Kier molecular flexibility index (Phi) is 5.65. The number of ether oxygens (including phenoxy) is 1. The van der Waals surface area contributed by atoms with Gasteiger partial charge in [0.05, 0.1) is 6.61 Å². The number of nitrogens with zero attached hydrogens (tertiary/aromatic N) is 3. The van der Waals surface area contributed by atoms with Crippen LogP contribution >= 0.6 is 0 Å². The largest absolute Gasteiger partial charge is 0.441 e. The number of benzene rings is 1. The molecule has 0 amide bonds. The van der Waals surface area contributed by atoms with E-state index in [1.165, 1.54) is 0 Å². The summed E-state index contributed by atoms with van der Waals surface area (Å²) >= 11 is 0. The molecule has 3 rings (SSSR count). The second kappa shape index (κ2) is 7.90. The van der Waals surface area contributed by atoms with Crippen molar-refractivity contribution in [2.24, 2.45) is 0 Å². The minimum atomic E-state index is 0.600. The van der Waals surface area contributed by atoms with E-state index in [1.807, 2.05) is 24.3 Å². The van der Waals surface area contributed by atoms with Crippen molar-refractivity contribution in [3.8, 4) is 0 Å². The van der Waals surface area contributed by atoms with Crippen molar-refractivity contribution in [2.45, 2.75) is 25.8 Å². The van der Waals surface area contributed by atoms with Gasteiger partial charge in [-0.1, -0.05) is 12.1 Å². The summed E-state index contributed by atoms with van der Waals surface area (Å²) in [5, 5.41) is 0. The summed E-state index contributed by atoms with van der Waals surface area (Å²) < 4.78 is 11.0. The predicted molar refractivity (Wildman–Crippen MR) is 91.7 cm³/mol. The molecular weight excluding hydrogens is 290 g/mol. The van der Waals surface area contributed by atoms with Gasteiger partial charge in [-0.05, 0) is 32.0 Å². The molecular formula is C18H27N3O2. The predicted octanol–water partition coefficient (Wildman–Crippen LogP) is 2.41. The van der Waals surface area contributed by atoms with Crippen molar-refractivity contribution in [1.82, 2.24) is 14.8 Å². The van der Waals surface area contributed by atoms with Crippen LogP contribution in [-0.2, 0) is 11.2 Å². The molecule has 0 aliphatic carbocycles. The standard InChI is InChI=1S/C18H27N3O2/c1-15-14-20(10-11-21(15)12-13-22-2)9-5-8-18-19-16-6-3-4-7-17(16)23-18/h3-4,6-7,15H,5,8-14H2,1-2H3. The third-order valence-electron chi connectivity index (χ3n) is 4.63. The van der Waals surface area contributed by atoms with E-state index in [1.54, 1.807) is 7.11 Å². The quantitative estimate of drug-likeness (QED) is 0.784. The first kappa shape index (κ1) is 16.4. The zero-order valence-electron chi connectivity index (χ0n) is 14.2. The highest BCUT2D eigenvalue weighted by Gasteiger charge is 2.22. The van der Waals surface area contributed by atoms with E-state index >= 15 is 0 Å². The van der Waals surface area contributed by atoms with Gasteiger partial charge in [-0.2, -0.15) is 0 Å². The van der Waals surface area contributed by atoms with Gasteiger partial charge < -0.3 is 14.1 Å². The van der Waals surface area contributed by atoms with Gasteiger partial charge in [-0.15, -0.1) is 0 Å². The van der Waals surface area contributed by atoms with Crippen molar-refractivity contribution in [1.29, 1.82) is 0 Å². The Morgan fingerprint density at radius 1 is 1.26 bits per heavy atom. The maximum Gasteiger partial charge on any atom is 0.195 e. The maximum atomic E-state index is 5.79. The number of rotatable bonds is 7. The van der Waals surface area contributed by atoms with Gasteiger partial charge >= 0.3 is 0 Å². The maximum absolute atomic E-state index is 5.79. The minimum Gasteiger partial charge on any atom is -0.441 e. The normalized spacial score (nSPS) is 20.3. The Morgan fingerprint density at radius 3 is 2.91 bits per heavy atom. The molecule has 1 saturated heterocycles. The SMILES string of the molecule is COCCN1CCN(CCCc2nc3ccccc3o2)CC1C. The third-order valence-corrected chi connectivity index (χ3v) is 4.63. The molecule has 126 valence electrons. The Bertz CT molecular complexity index is 580. The van der Waals surface area contributed by atoms with Crippen LogP contribution in [-0.4, -0.2) is 67.3 Å². The van der Waals surface area contributed by atoms with Crippen molar-refractivity contribution >= 4 is 11.1 Å². The highest BCUT2D eigenvalue weighted by molar-refractivity contribution is 5.72. The molecule has 23 heavy (non-hydrogen) atoms. The molecule has 1 aromatic carbocycles. The second-order valence-electron chi connectivity index (χ2n) is 6.36. The van der Waals surface area contributed by atoms with E-state index in [-0.39, 0.29) is 0 Å². The minimum absolute atomic E-state index is 0.600. The first-order valence-corrected chi connectivity index (χ1v) is 8.56. The van der Waals surface area contributed by atoms with Gasteiger partial charge in [-0.3, -0.25) is 4.90 Å². The Hall–Kier alpha value is -1.43. The molecule has 1 aliphatic heterocycles. The van der Waals surface area contributed by atoms with E-state index in [2.05, 4.69) is 21.7 Å². The summed E-state index contributed by atoms with van der Waals surface area (Å²) in [5.41, 5.74) is 1.85. The van der Waals surface area contributed by atoms with Crippen LogP contribution in [0.5, 0.6) is 0 Å². The van der Waals surface area contributed by atoms with Gasteiger partial charge in [0.1, 0.15) is 5.52 Å². The zero-order chi connectivity index (χ0) is 16.1. The van der Waals surface area contributed by atoms with E-state index in [0.717, 1.165) is 69.2 Å². The Labute approximate surface area is 138 Å². The van der Waals surface area contributed by atoms with Gasteiger partial charge in [-0.25, -0.2) is 4.98 Å². The summed E-state index contributed by atoms with van der Waals surface area (Å²) in [7, 11) is 1.77. The monoisotopic (exact) mass is 317 g/mol. The number of methoxy groups -OCH3 is 1. The fourth-order valence-corrected chi connectivity index (χ4v) is 3.30. The molecule has 5 heteroatoms. The molecule has 0 bridgehead atoms. The van der Waals surface area contributed by atoms with Crippen molar-refractivity contribution < 1.29 is 9.15 Å². The van der Waals surface area contributed by atoms with Gasteiger partial charge in [0.15, 0.2) is 11.5 Å². The average Bonchev–Trinajstić information content (AvgIpc) is 2.97. The number of oxazole rings is 1. The average molecular weight is 317 g/mol. The third kappa shape index (κ3) is 4.31. The molecule has 0 saturated carbocycles. The smallest absolute Gasteiger partial charge is 0.195 e. The fraction of sp³-hybridized carbons (Fsp3) is 0.611. The number of piperazine rings is 1. The molecule has 1 aliphatic rings. The van der Waals surface area contributed by atoms with Crippen LogP contribution in [0.4, 0.5) is 0 Å². The van der Waals surface area contributed by atoms with E-state index < -0.39 is 0 Å². The summed E-state index contributed by atoms with van der Waals surface area (Å²) in [5.74, 6) is 0.859. The van der Waals surface area contributed by atoms with Crippen LogP contribution in [0.1, 0.15) is 19.2 Å². The van der Waals surface area contributed by atoms with Crippen LogP contribution in [0.15, 0.2) is 28.7 Å². The highest BCUT2D eigenvalue weighted by atomic mass is 16.5. The number of aromatic nitrogens is 1. The molecule has 1 atom stereocenters.